The summed E-state index contributed by atoms with van der Waals surface area (Å²) in [5.74, 6) is -1.59. The van der Waals surface area contributed by atoms with Gasteiger partial charge in [-0.25, -0.2) is 9.18 Å². The molecule has 0 aliphatic heterocycles. The molecule has 0 radical (unpaired) electrons. The van der Waals surface area contributed by atoms with Gasteiger partial charge in [0.25, 0.3) is 0 Å². The van der Waals surface area contributed by atoms with Crippen LogP contribution in [-0.2, 0) is 9.53 Å². The Morgan fingerprint density at radius 1 is 1.13 bits per heavy atom. The molecule has 1 saturated carbocycles. The van der Waals surface area contributed by atoms with E-state index in [0.717, 1.165) is 24.8 Å². The van der Waals surface area contributed by atoms with Crippen LogP contribution >= 0.6 is 23.2 Å². The van der Waals surface area contributed by atoms with Gasteiger partial charge in [0.15, 0.2) is 0 Å². The van der Waals surface area contributed by atoms with Gasteiger partial charge in [0, 0.05) is 17.8 Å². The molecule has 0 saturated heterocycles. The van der Waals surface area contributed by atoms with Crippen molar-refractivity contribution in [2.45, 2.75) is 26.2 Å². The molecule has 2 heterocycles. The number of carbonyl (C=O) groups is 1. The standard InChI is InChI=1S/C29H23Cl2F2N3O2/c1-2-38-25(37)11-9-16-6-7-19(13-23(16)32)26(18-8-10-24-21(12-18)29(33)36-35-24)27(17-4-3-5-17)28-22(31)14-20(30)15-34-28/h6-15,17H,2-5H2,1H3,(H,35,36)/b11-9+,27-26-. The number of ether oxygens (including phenoxy) is 1. The largest absolute Gasteiger partial charge is 0.463 e. The summed E-state index contributed by atoms with van der Waals surface area (Å²) in [6.07, 6.45) is 6.94. The van der Waals surface area contributed by atoms with E-state index in [1.807, 2.05) is 6.07 Å². The molecular formula is C29H23Cl2F2N3O2. The second kappa shape index (κ2) is 11.1. The molecule has 5 nitrogen and oxygen atoms in total. The van der Waals surface area contributed by atoms with E-state index in [9.17, 15) is 9.18 Å². The van der Waals surface area contributed by atoms with E-state index in [4.69, 9.17) is 27.9 Å². The van der Waals surface area contributed by atoms with Crippen molar-refractivity contribution in [3.63, 3.8) is 0 Å². The monoisotopic (exact) mass is 553 g/mol. The Kier molecular flexibility index (Phi) is 7.58. The fraction of sp³-hybridized carbons (Fsp3) is 0.207. The molecule has 194 valence electrons. The van der Waals surface area contributed by atoms with E-state index in [2.05, 4.69) is 15.2 Å². The van der Waals surface area contributed by atoms with Crippen LogP contribution < -0.4 is 0 Å². The molecule has 38 heavy (non-hydrogen) atoms. The molecule has 1 aliphatic carbocycles. The summed E-state index contributed by atoms with van der Waals surface area (Å²) in [6.45, 7) is 1.93. The molecule has 1 aliphatic rings. The zero-order valence-electron chi connectivity index (χ0n) is 20.4. The first-order chi connectivity index (χ1) is 18.4. The summed E-state index contributed by atoms with van der Waals surface area (Å²) in [4.78, 5) is 16.3. The summed E-state index contributed by atoms with van der Waals surface area (Å²) in [5, 5.41) is 7.44. The highest BCUT2D eigenvalue weighted by atomic mass is 35.5. The van der Waals surface area contributed by atoms with Gasteiger partial charge in [-0.3, -0.25) is 10.1 Å². The zero-order chi connectivity index (χ0) is 26.8. The maximum absolute atomic E-state index is 15.4. The number of aromatic nitrogens is 3. The Bertz CT molecular complexity index is 1590. The van der Waals surface area contributed by atoms with Gasteiger partial charge in [0.05, 0.1) is 33.2 Å². The van der Waals surface area contributed by atoms with Crippen molar-refractivity contribution in [2.24, 2.45) is 5.92 Å². The van der Waals surface area contributed by atoms with E-state index in [0.29, 0.717) is 43.3 Å². The number of nitrogens with one attached hydrogen (secondary N) is 1. The van der Waals surface area contributed by atoms with Crippen molar-refractivity contribution in [1.82, 2.24) is 15.2 Å². The lowest BCUT2D eigenvalue weighted by Gasteiger charge is -2.31. The molecule has 4 aromatic rings. The second-order valence-corrected chi connectivity index (χ2v) is 9.84. The van der Waals surface area contributed by atoms with E-state index in [1.54, 1.807) is 37.3 Å². The van der Waals surface area contributed by atoms with Gasteiger partial charge in [-0.05, 0) is 78.3 Å². The van der Waals surface area contributed by atoms with Gasteiger partial charge in [-0.1, -0.05) is 47.8 Å². The number of rotatable bonds is 7. The van der Waals surface area contributed by atoms with E-state index in [1.165, 1.54) is 24.4 Å². The average molecular weight is 554 g/mol. The van der Waals surface area contributed by atoms with Crippen molar-refractivity contribution in [2.75, 3.05) is 6.61 Å². The van der Waals surface area contributed by atoms with Gasteiger partial charge in [0.1, 0.15) is 5.82 Å². The number of hydrogen-bond acceptors (Lipinski definition) is 4. The highest BCUT2D eigenvalue weighted by Gasteiger charge is 2.30. The molecule has 0 spiro atoms. The van der Waals surface area contributed by atoms with Crippen LogP contribution in [-0.4, -0.2) is 27.8 Å². The number of H-pyrrole nitrogens is 1. The number of halogens is 4. The van der Waals surface area contributed by atoms with Crippen molar-refractivity contribution >= 4 is 57.3 Å². The topological polar surface area (TPSA) is 67.9 Å². The van der Waals surface area contributed by atoms with Crippen LogP contribution in [0.2, 0.25) is 10.0 Å². The SMILES string of the molecule is CCOC(=O)/C=C/c1ccc(/C(=C(\c2ncc(Cl)cc2Cl)C2CCC2)c2ccc3[nH]nc(F)c3c2)cc1F. The highest BCUT2D eigenvalue weighted by Crippen LogP contribution is 2.46. The molecule has 9 heteroatoms. The summed E-state index contributed by atoms with van der Waals surface area (Å²) >= 11 is 12.8. The van der Waals surface area contributed by atoms with Crippen molar-refractivity contribution < 1.29 is 18.3 Å². The molecule has 2 aromatic carbocycles. The van der Waals surface area contributed by atoms with E-state index < -0.39 is 17.7 Å². The minimum Gasteiger partial charge on any atom is -0.463 e. The van der Waals surface area contributed by atoms with Crippen LogP contribution in [0.25, 0.3) is 28.1 Å². The number of nitrogens with zero attached hydrogens (tertiary/aromatic N) is 2. The van der Waals surface area contributed by atoms with E-state index in [-0.39, 0.29) is 18.1 Å². The minimum absolute atomic E-state index is 0.118. The van der Waals surface area contributed by atoms with E-state index >= 15 is 4.39 Å². The van der Waals surface area contributed by atoms with Gasteiger partial charge in [-0.15, -0.1) is 5.10 Å². The summed E-state index contributed by atoms with van der Waals surface area (Å²) in [7, 11) is 0. The molecule has 5 rings (SSSR count). The number of aromatic amines is 1. The van der Waals surface area contributed by atoms with Crippen molar-refractivity contribution in [3.8, 4) is 0 Å². The molecular weight excluding hydrogens is 531 g/mol. The second-order valence-electron chi connectivity index (χ2n) is 9.00. The third kappa shape index (κ3) is 5.22. The lowest BCUT2D eigenvalue weighted by molar-refractivity contribution is -0.137. The first kappa shape index (κ1) is 26.1. The lowest BCUT2D eigenvalue weighted by Crippen LogP contribution is -2.16. The van der Waals surface area contributed by atoms with Crippen LogP contribution in [0.15, 0.2) is 54.7 Å². The molecule has 1 N–H and O–H groups in total. The number of benzene rings is 2. The van der Waals surface area contributed by atoms with Crippen LogP contribution in [0.3, 0.4) is 0 Å². The molecule has 2 aromatic heterocycles. The quantitative estimate of drug-likeness (QED) is 0.186. The maximum Gasteiger partial charge on any atom is 0.330 e. The Hall–Kier alpha value is -3.55. The Labute approximate surface area is 228 Å². The third-order valence-corrected chi connectivity index (χ3v) is 7.12. The van der Waals surface area contributed by atoms with Crippen LogP contribution in [0.4, 0.5) is 8.78 Å². The first-order valence-corrected chi connectivity index (χ1v) is 13.0. The third-order valence-electron chi connectivity index (χ3n) is 6.63. The summed E-state index contributed by atoms with van der Waals surface area (Å²) in [6, 6.07) is 11.7. The van der Waals surface area contributed by atoms with Gasteiger partial charge >= 0.3 is 5.97 Å². The average Bonchev–Trinajstić information content (AvgIpc) is 3.22. The Balaban J connectivity index is 1.73. The number of carbonyl (C=O) groups excluding carboxylic acids is 1. The number of hydrogen-bond donors (Lipinski definition) is 1. The predicted octanol–water partition coefficient (Wildman–Crippen LogP) is 7.88. The van der Waals surface area contributed by atoms with Gasteiger partial charge in [-0.2, -0.15) is 4.39 Å². The Morgan fingerprint density at radius 3 is 2.58 bits per heavy atom. The number of pyridine rings is 1. The summed E-state index contributed by atoms with van der Waals surface area (Å²) < 4.78 is 34.7. The Morgan fingerprint density at radius 2 is 1.89 bits per heavy atom. The fourth-order valence-corrected chi connectivity index (χ4v) is 5.09. The smallest absolute Gasteiger partial charge is 0.330 e. The van der Waals surface area contributed by atoms with Crippen molar-refractivity contribution in [1.29, 1.82) is 0 Å². The van der Waals surface area contributed by atoms with Gasteiger partial charge in [0.2, 0.25) is 5.95 Å². The predicted molar refractivity (Wildman–Crippen MR) is 146 cm³/mol. The van der Waals surface area contributed by atoms with Crippen LogP contribution in [0, 0.1) is 17.7 Å². The van der Waals surface area contributed by atoms with Crippen LogP contribution in [0.5, 0.6) is 0 Å². The molecule has 0 unspecified atom stereocenters. The fourth-order valence-electron chi connectivity index (χ4n) is 4.61. The number of fused-ring (bicyclic) bond motifs is 1. The maximum atomic E-state index is 15.4. The van der Waals surface area contributed by atoms with Gasteiger partial charge < -0.3 is 4.74 Å². The normalized spacial score (nSPS) is 14.6. The highest BCUT2D eigenvalue weighted by molar-refractivity contribution is 6.35. The molecule has 0 atom stereocenters. The molecule has 0 amide bonds. The number of allylic oxidation sites excluding steroid dienone is 1. The minimum atomic E-state index is -0.625. The van der Waals surface area contributed by atoms with Crippen LogP contribution in [0.1, 0.15) is 48.6 Å². The zero-order valence-corrected chi connectivity index (χ0v) is 21.9. The lowest BCUT2D eigenvalue weighted by atomic mass is 9.74. The number of esters is 1. The van der Waals surface area contributed by atoms with Crippen molar-refractivity contribution in [3.05, 3.63) is 98.9 Å². The molecule has 0 bridgehead atoms. The molecule has 1 fully saturated rings. The first-order valence-electron chi connectivity index (χ1n) is 12.2. The summed E-state index contributed by atoms with van der Waals surface area (Å²) in [5.41, 5.74) is 4.09.